The molecule has 134 valence electrons. The number of aromatic nitrogens is 2. The average Bonchev–Trinajstić information content (AvgIpc) is 2.62. The first-order chi connectivity index (χ1) is 12.5. The van der Waals surface area contributed by atoms with Gasteiger partial charge in [0.2, 0.25) is 5.91 Å². The summed E-state index contributed by atoms with van der Waals surface area (Å²) in [6.45, 7) is 2.40. The molecule has 7 heteroatoms. The van der Waals surface area contributed by atoms with Crippen molar-refractivity contribution in [1.82, 2.24) is 14.5 Å². The van der Waals surface area contributed by atoms with Gasteiger partial charge in [0.05, 0.1) is 17.2 Å². The molecule has 0 unspecified atom stereocenters. The molecule has 3 rings (SSSR count). The molecule has 0 bridgehead atoms. The second kappa shape index (κ2) is 7.66. The second-order valence-corrected chi connectivity index (χ2v) is 6.31. The zero-order valence-corrected chi connectivity index (χ0v) is 14.9. The Morgan fingerprint density at radius 3 is 2.81 bits per heavy atom. The van der Waals surface area contributed by atoms with E-state index in [0.717, 1.165) is 0 Å². The monoisotopic (exact) mass is 373 g/mol. The summed E-state index contributed by atoms with van der Waals surface area (Å²) < 4.78 is 14.6. The van der Waals surface area contributed by atoms with Crippen molar-refractivity contribution in [3.05, 3.63) is 75.5 Å². The summed E-state index contributed by atoms with van der Waals surface area (Å²) in [6, 6.07) is 11.0. The highest BCUT2D eigenvalue weighted by Crippen LogP contribution is 2.14. The standard InChI is InChI=1S/C19H17ClFN3O2/c1-2-23(10-13-4-3-5-15(21)8-13)18(25)11-24-12-22-17-7-6-14(20)9-16(17)19(24)26/h3-9,12H,2,10-11H2,1H3. The molecule has 3 aromatic rings. The fourth-order valence-corrected chi connectivity index (χ4v) is 2.89. The lowest BCUT2D eigenvalue weighted by Crippen LogP contribution is -2.36. The molecule has 2 aromatic carbocycles. The molecule has 0 aliphatic heterocycles. The van der Waals surface area contributed by atoms with Crippen LogP contribution in [0.15, 0.2) is 53.6 Å². The van der Waals surface area contributed by atoms with Crippen molar-refractivity contribution in [3.63, 3.8) is 0 Å². The smallest absolute Gasteiger partial charge is 0.261 e. The molecule has 0 N–H and O–H groups in total. The summed E-state index contributed by atoms with van der Waals surface area (Å²) >= 11 is 5.94. The Kier molecular flexibility index (Phi) is 5.32. The van der Waals surface area contributed by atoms with Gasteiger partial charge < -0.3 is 4.90 Å². The lowest BCUT2D eigenvalue weighted by molar-refractivity contribution is -0.132. The number of rotatable bonds is 5. The molecular formula is C19H17ClFN3O2. The third-order valence-corrected chi connectivity index (χ3v) is 4.32. The highest BCUT2D eigenvalue weighted by atomic mass is 35.5. The van der Waals surface area contributed by atoms with Crippen LogP contribution >= 0.6 is 11.6 Å². The maximum atomic E-state index is 13.3. The number of carbonyl (C=O) groups is 1. The Balaban J connectivity index is 1.83. The zero-order valence-electron chi connectivity index (χ0n) is 14.2. The Labute approximate surface area is 154 Å². The third-order valence-electron chi connectivity index (χ3n) is 4.09. The molecule has 0 aliphatic carbocycles. The quantitative estimate of drug-likeness (QED) is 0.690. The minimum absolute atomic E-state index is 0.141. The van der Waals surface area contributed by atoms with Crippen LogP contribution in [0.25, 0.3) is 10.9 Å². The lowest BCUT2D eigenvalue weighted by atomic mass is 10.2. The molecular weight excluding hydrogens is 357 g/mol. The summed E-state index contributed by atoms with van der Waals surface area (Å²) in [4.78, 5) is 30.9. The van der Waals surface area contributed by atoms with Crippen LogP contribution in [0.3, 0.4) is 0 Å². The molecule has 0 aliphatic rings. The van der Waals surface area contributed by atoms with Crippen LogP contribution in [0.5, 0.6) is 0 Å². The van der Waals surface area contributed by atoms with E-state index in [9.17, 15) is 14.0 Å². The summed E-state index contributed by atoms with van der Waals surface area (Å²) in [5, 5.41) is 0.794. The van der Waals surface area contributed by atoms with Gasteiger partial charge in [0, 0.05) is 18.1 Å². The first-order valence-corrected chi connectivity index (χ1v) is 8.52. The number of fused-ring (bicyclic) bond motifs is 1. The number of halogens is 2. The molecule has 26 heavy (non-hydrogen) atoms. The second-order valence-electron chi connectivity index (χ2n) is 5.88. The van der Waals surface area contributed by atoms with E-state index < -0.39 is 0 Å². The maximum Gasteiger partial charge on any atom is 0.261 e. The van der Waals surface area contributed by atoms with E-state index in [1.54, 1.807) is 29.2 Å². The fourth-order valence-electron chi connectivity index (χ4n) is 2.72. The van der Waals surface area contributed by atoms with Gasteiger partial charge in [-0.25, -0.2) is 9.37 Å². The molecule has 0 atom stereocenters. The molecule has 5 nitrogen and oxygen atoms in total. The third kappa shape index (κ3) is 3.91. The summed E-state index contributed by atoms with van der Waals surface area (Å²) in [5.41, 5.74) is 0.888. The molecule has 1 heterocycles. The van der Waals surface area contributed by atoms with E-state index >= 15 is 0 Å². The van der Waals surface area contributed by atoms with Crippen LogP contribution in [-0.4, -0.2) is 26.9 Å². The van der Waals surface area contributed by atoms with Gasteiger partial charge in [0.15, 0.2) is 0 Å². The lowest BCUT2D eigenvalue weighted by Gasteiger charge is -2.21. The molecule has 0 spiro atoms. The Hall–Kier alpha value is -2.73. The summed E-state index contributed by atoms with van der Waals surface area (Å²) in [7, 11) is 0. The van der Waals surface area contributed by atoms with Gasteiger partial charge in [0.25, 0.3) is 5.56 Å². The van der Waals surface area contributed by atoms with Crippen molar-refractivity contribution >= 4 is 28.4 Å². The largest absolute Gasteiger partial charge is 0.337 e. The summed E-state index contributed by atoms with van der Waals surface area (Å²) in [5.74, 6) is -0.597. The Bertz CT molecular complexity index is 1020. The number of benzene rings is 2. The average molecular weight is 374 g/mol. The van der Waals surface area contributed by atoms with Crippen LogP contribution in [0, 0.1) is 5.82 Å². The number of likely N-dealkylation sites (N-methyl/N-ethyl adjacent to an activating group) is 1. The van der Waals surface area contributed by atoms with Gasteiger partial charge in [0.1, 0.15) is 12.4 Å². The minimum atomic E-state index is -0.349. The number of hydrogen-bond acceptors (Lipinski definition) is 3. The van der Waals surface area contributed by atoms with E-state index in [-0.39, 0.29) is 30.4 Å². The first kappa shape index (κ1) is 18.1. The number of hydrogen-bond donors (Lipinski definition) is 0. The minimum Gasteiger partial charge on any atom is -0.337 e. The topological polar surface area (TPSA) is 55.2 Å². The van der Waals surface area contributed by atoms with Crippen molar-refractivity contribution in [2.75, 3.05) is 6.54 Å². The molecule has 0 radical (unpaired) electrons. The zero-order chi connectivity index (χ0) is 18.7. The van der Waals surface area contributed by atoms with Gasteiger partial charge >= 0.3 is 0 Å². The first-order valence-electron chi connectivity index (χ1n) is 8.15. The van der Waals surface area contributed by atoms with E-state index in [2.05, 4.69) is 4.98 Å². The van der Waals surface area contributed by atoms with Crippen molar-refractivity contribution in [3.8, 4) is 0 Å². The van der Waals surface area contributed by atoms with Crippen LogP contribution < -0.4 is 5.56 Å². The Morgan fingerprint density at radius 2 is 2.08 bits per heavy atom. The van der Waals surface area contributed by atoms with Crippen molar-refractivity contribution < 1.29 is 9.18 Å². The Morgan fingerprint density at radius 1 is 1.27 bits per heavy atom. The van der Waals surface area contributed by atoms with Gasteiger partial charge in [-0.3, -0.25) is 14.2 Å². The van der Waals surface area contributed by atoms with Crippen LogP contribution in [0.4, 0.5) is 4.39 Å². The molecule has 0 saturated heterocycles. The summed E-state index contributed by atoms with van der Waals surface area (Å²) in [6.07, 6.45) is 1.35. The predicted octanol–water partition coefficient (Wildman–Crippen LogP) is 3.24. The van der Waals surface area contributed by atoms with Gasteiger partial charge in [-0.05, 0) is 42.8 Å². The highest BCUT2D eigenvalue weighted by Gasteiger charge is 2.15. The number of carbonyl (C=O) groups excluding carboxylic acids is 1. The van der Waals surface area contributed by atoms with E-state index in [4.69, 9.17) is 11.6 Å². The molecule has 1 aromatic heterocycles. The fraction of sp³-hybridized carbons (Fsp3) is 0.211. The number of amides is 1. The van der Waals surface area contributed by atoms with Crippen LogP contribution in [0.1, 0.15) is 12.5 Å². The van der Waals surface area contributed by atoms with E-state index in [1.807, 2.05) is 6.92 Å². The van der Waals surface area contributed by atoms with Gasteiger partial charge in [-0.2, -0.15) is 0 Å². The van der Waals surface area contributed by atoms with Gasteiger partial charge in [-0.15, -0.1) is 0 Å². The SMILES string of the molecule is CCN(Cc1cccc(F)c1)C(=O)Cn1cnc2ccc(Cl)cc2c1=O. The van der Waals surface area contributed by atoms with Crippen LogP contribution in [0.2, 0.25) is 5.02 Å². The van der Waals surface area contributed by atoms with Gasteiger partial charge in [-0.1, -0.05) is 23.7 Å². The van der Waals surface area contributed by atoms with Crippen LogP contribution in [-0.2, 0) is 17.9 Å². The highest BCUT2D eigenvalue weighted by molar-refractivity contribution is 6.31. The normalized spacial score (nSPS) is 10.9. The van der Waals surface area contributed by atoms with Crippen molar-refractivity contribution in [2.45, 2.75) is 20.0 Å². The van der Waals surface area contributed by atoms with Crippen molar-refractivity contribution in [2.24, 2.45) is 0 Å². The number of nitrogens with zero attached hydrogens (tertiary/aromatic N) is 3. The van der Waals surface area contributed by atoms with Crippen molar-refractivity contribution in [1.29, 1.82) is 0 Å². The predicted molar refractivity (Wildman–Crippen MR) is 98.5 cm³/mol. The van der Waals surface area contributed by atoms with E-state index in [0.29, 0.717) is 28.0 Å². The molecule has 1 amide bonds. The molecule has 0 fully saturated rings. The van der Waals surface area contributed by atoms with E-state index in [1.165, 1.54) is 29.1 Å². The molecule has 0 saturated carbocycles. The maximum absolute atomic E-state index is 13.3.